The zero-order valence-electron chi connectivity index (χ0n) is 14.3. The number of hydrogen-bond acceptors (Lipinski definition) is 5. The van der Waals surface area contributed by atoms with Gasteiger partial charge in [0.05, 0.1) is 12.0 Å². The number of carbonyl (C=O) groups excluding carboxylic acids is 1. The molecule has 0 radical (unpaired) electrons. The average molecular weight is 360 g/mol. The first-order valence-corrected chi connectivity index (χ1v) is 8.47. The van der Waals surface area contributed by atoms with Crippen LogP contribution in [0.3, 0.4) is 0 Å². The van der Waals surface area contributed by atoms with Crippen molar-refractivity contribution in [2.75, 3.05) is 5.32 Å². The highest BCUT2D eigenvalue weighted by Crippen LogP contribution is 2.25. The standard InChI is InChI=1S/C20H16N4O3/c25-17(10-9-13-5-4-12-27-13)22-15-7-2-1-6-14(15)18-20(26)24-19-16(23-18)8-3-11-21-19/h1-8,11-12H,9-10H2,(H,22,25)(H,21,24,26). The molecule has 27 heavy (non-hydrogen) atoms. The Balaban J connectivity index is 1.62. The largest absolute Gasteiger partial charge is 0.469 e. The molecule has 0 saturated carbocycles. The van der Waals surface area contributed by atoms with E-state index in [2.05, 4.69) is 20.3 Å². The number of aromatic nitrogens is 3. The molecule has 0 aliphatic rings. The van der Waals surface area contributed by atoms with Crippen molar-refractivity contribution in [2.24, 2.45) is 0 Å². The number of carbonyl (C=O) groups is 1. The molecule has 0 aliphatic heterocycles. The van der Waals surface area contributed by atoms with E-state index < -0.39 is 0 Å². The molecular weight excluding hydrogens is 344 g/mol. The van der Waals surface area contributed by atoms with Crippen LogP contribution in [-0.2, 0) is 11.2 Å². The Morgan fingerprint density at radius 1 is 1.11 bits per heavy atom. The van der Waals surface area contributed by atoms with Gasteiger partial charge in [0.25, 0.3) is 5.56 Å². The van der Waals surface area contributed by atoms with E-state index in [1.807, 2.05) is 6.07 Å². The lowest BCUT2D eigenvalue weighted by Crippen LogP contribution is -2.16. The Hall–Kier alpha value is -3.74. The lowest BCUT2D eigenvalue weighted by molar-refractivity contribution is -0.116. The molecule has 3 heterocycles. The molecule has 0 spiro atoms. The molecule has 4 aromatic rings. The topological polar surface area (TPSA) is 101 Å². The number of nitrogens with one attached hydrogen (secondary N) is 2. The number of amides is 1. The Kier molecular flexibility index (Phi) is 4.49. The molecule has 1 aromatic carbocycles. The maximum Gasteiger partial charge on any atom is 0.276 e. The highest BCUT2D eigenvalue weighted by molar-refractivity contribution is 5.95. The van der Waals surface area contributed by atoms with Crippen LogP contribution in [0.25, 0.3) is 22.4 Å². The predicted octanol–water partition coefficient (Wildman–Crippen LogP) is 3.15. The molecular formula is C20H16N4O3. The Morgan fingerprint density at radius 2 is 2.00 bits per heavy atom. The van der Waals surface area contributed by atoms with Crippen LogP contribution in [0.1, 0.15) is 12.2 Å². The summed E-state index contributed by atoms with van der Waals surface area (Å²) < 4.78 is 5.24. The van der Waals surface area contributed by atoms with Crippen molar-refractivity contribution in [3.8, 4) is 11.3 Å². The summed E-state index contributed by atoms with van der Waals surface area (Å²) in [4.78, 5) is 36.0. The normalized spacial score (nSPS) is 10.8. The summed E-state index contributed by atoms with van der Waals surface area (Å²) >= 11 is 0. The van der Waals surface area contributed by atoms with Gasteiger partial charge in [-0.2, -0.15) is 0 Å². The molecule has 3 aromatic heterocycles. The molecule has 0 unspecified atom stereocenters. The van der Waals surface area contributed by atoms with E-state index in [0.29, 0.717) is 28.8 Å². The third kappa shape index (κ3) is 3.62. The monoisotopic (exact) mass is 360 g/mol. The molecule has 0 saturated heterocycles. The third-order valence-electron chi connectivity index (χ3n) is 4.10. The Labute approximate surface area is 154 Å². The van der Waals surface area contributed by atoms with Crippen molar-refractivity contribution in [1.82, 2.24) is 15.0 Å². The number of fused-ring (bicyclic) bond motifs is 1. The van der Waals surface area contributed by atoms with Gasteiger partial charge in [0.2, 0.25) is 5.91 Å². The van der Waals surface area contributed by atoms with Gasteiger partial charge in [-0.25, -0.2) is 9.97 Å². The molecule has 0 atom stereocenters. The molecule has 7 heteroatoms. The van der Waals surface area contributed by atoms with Gasteiger partial charge in [-0.1, -0.05) is 18.2 Å². The van der Waals surface area contributed by atoms with E-state index >= 15 is 0 Å². The number of pyridine rings is 1. The van der Waals surface area contributed by atoms with Gasteiger partial charge < -0.3 is 14.7 Å². The first-order valence-electron chi connectivity index (χ1n) is 8.47. The molecule has 0 bridgehead atoms. The number of furan rings is 1. The highest BCUT2D eigenvalue weighted by Gasteiger charge is 2.14. The first kappa shape index (κ1) is 16.7. The highest BCUT2D eigenvalue weighted by atomic mass is 16.3. The second-order valence-electron chi connectivity index (χ2n) is 5.96. The van der Waals surface area contributed by atoms with Crippen LogP contribution in [0.2, 0.25) is 0 Å². The van der Waals surface area contributed by atoms with E-state index in [4.69, 9.17) is 4.42 Å². The summed E-state index contributed by atoms with van der Waals surface area (Å²) in [7, 11) is 0. The maximum atomic E-state index is 12.5. The van der Waals surface area contributed by atoms with Crippen molar-refractivity contribution in [1.29, 1.82) is 0 Å². The smallest absolute Gasteiger partial charge is 0.276 e. The van der Waals surface area contributed by atoms with Crippen LogP contribution < -0.4 is 10.9 Å². The molecule has 4 rings (SSSR count). The van der Waals surface area contributed by atoms with Crippen LogP contribution >= 0.6 is 0 Å². The maximum absolute atomic E-state index is 12.5. The minimum atomic E-state index is -0.363. The molecule has 134 valence electrons. The molecule has 7 nitrogen and oxygen atoms in total. The molecule has 2 N–H and O–H groups in total. The molecule has 0 fully saturated rings. The minimum Gasteiger partial charge on any atom is -0.469 e. The van der Waals surface area contributed by atoms with Crippen molar-refractivity contribution < 1.29 is 9.21 Å². The minimum absolute atomic E-state index is 0.169. The van der Waals surface area contributed by atoms with E-state index in [1.165, 1.54) is 0 Å². The summed E-state index contributed by atoms with van der Waals surface area (Å²) in [5, 5.41) is 2.86. The summed E-state index contributed by atoms with van der Waals surface area (Å²) in [6.45, 7) is 0. The second-order valence-corrected chi connectivity index (χ2v) is 5.96. The predicted molar refractivity (Wildman–Crippen MR) is 101 cm³/mol. The van der Waals surface area contributed by atoms with Gasteiger partial charge in [-0.15, -0.1) is 0 Å². The first-order chi connectivity index (χ1) is 13.2. The van der Waals surface area contributed by atoms with Gasteiger partial charge in [-0.05, 0) is 30.3 Å². The molecule has 1 amide bonds. The lowest BCUT2D eigenvalue weighted by atomic mass is 10.1. The van der Waals surface area contributed by atoms with Crippen molar-refractivity contribution in [3.05, 3.63) is 77.1 Å². The van der Waals surface area contributed by atoms with Crippen molar-refractivity contribution >= 4 is 22.8 Å². The number of aromatic amines is 1. The fourth-order valence-electron chi connectivity index (χ4n) is 2.81. The van der Waals surface area contributed by atoms with Gasteiger partial charge >= 0.3 is 0 Å². The van der Waals surface area contributed by atoms with Crippen molar-refractivity contribution in [2.45, 2.75) is 12.8 Å². The SMILES string of the molecule is O=C(CCc1ccco1)Nc1ccccc1-c1nc2cccnc2[nH]c1=O. The quantitative estimate of drug-likeness (QED) is 0.569. The van der Waals surface area contributed by atoms with Gasteiger partial charge in [0.15, 0.2) is 5.65 Å². The number of H-pyrrole nitrogens is 1. The average Bonchev–Trinajstić information content (AvgIpc) is 3.20. The van der Waals surface area contributed by atoms with Gasteiger partial charge in [0.1, 0.15) is 17.0 Å². The number of rotatable bonds is 5. The van der Waals surface area contributed by atoms with Crippen LogP contribution in [-0.4, -0.2) is 20.9 Å². The number of nitrogens with zero attached hydrogens (tertiary/aromatic N) is 2. The van der Waals surface area contributed by atoms with Crippen LogP contribution in [0.15, 0.2) is 70.2 Å². The van der Waals surface area contributed by atoms with Crippen LogP contribution in [0, 0.1) is 0 Å². The van der Waals surface area contributed by atoms with E-state index in [1.54, 1.807) is 54.9 Å². The summed E-state index contributed by atoms with van der Waals surface area (Å²) in [6.07, 6.45) is 3.94. The summed E-state index contributed by atoms with van der Waals surface area (Å²) in [5.74, 6) is 0.580. The van der Waals surface area contributed by atoms with Crippen LogP contribution in [0.5, 0.6) is 0 Å². The summed E-state index contributed by atoms with van der Waals surface area (Å²) in [5.41, 5.74) is 1.95. The number of benzene rings is 1. The fraction of sp³-hybridized carbons (Fsp3) is 0.100. The van der Waals surface area contributed by atoms with Crippen LogP contribution in [0.4, 0.5) is 5.69 Å². The second kappa shape index (κ2) is 7.25. The lowest BCUT2D eigenvalue weighted by Gasteiger charge is -2.10. The van der Waals surface area contributed by atoms with E-state index in [9.17, 15) is 9.59 Å². The molecule has 0 aliphatic carbocycles. The number of hydrogen-bond donors (Lipinski definition) is 2. The van der Waals surface area contributed by atoms with E-state index in [-0.39, 0.29) is 23.6 Å². The Morgan fingerprint density at radius 3 is 2.85 bits per heavy atom. The third-order valence-corrected chi connectivity index (χ3v) is 4.10. The number of aryl methyl sites for hydroxylation is 1. The van der Waals surface area contributed by atoms with E-state index in [0.717, 1.165) is 5.76 Å². The van der Waals surface area contributed by atoms with Gasteiger partial charge in [-0.3, -0.25) is 9.59 Å². The number of anilines is 1. The Bertz CT molecular complexity index is 1150. The fourth-order valence-corrected chi connectivity index (χ4v) is 2.81. The zero-order valence-corrected chi connectivity index (χ0v) is 14.3. The summed E-state index contributed by atoms with van der Waals surface area (Å²) in [6, 6.07) is 14.2. The zero-order chi connectivity index (χ0) is 18.6. The number of para-hydroxylation sites is 1. The van der Waals surface area contributed by atoms with Crippen molar-refractivity contribution in [3.63, 3.8) is 0 Å². The van der Waals surface area contributed by atoms with Gasteiger partial charge in [0, 0.05) is 24.6 Å².